The summed E-state index contributed by atoms with van der Waals surface area (Å²) < 4.78 is 5.76. The van der Waals surface area contributed by atoms with Crippen molar-refractivity contribution in [1.29, 1.82) is 5.26 Å². The van der Waals surface area contributed by atoms with Crippen molar-refractivity contribution in [3.63, 3.8) is 0 Å². The Hall–Kier alpha value is -3.70. The number of nitrogens with one attached hydrogen (secondary N) is 1. The monoisotopic (exact) mass is 507 g/mol. The van der Waals surface area contributed by atoms with Crippen molar-refractivity contribution in [3.05, 3.63) is 99.0 Å². The van der Waals surface area contributed by atoms with Gasteiger partial charge in [0, 0.05) is 5.56 Å². The Bertz CT molecular complexity index is 1380. The minimum Gasteiger partial charge on any atom is -0.489 e. The quantitative estimate of drug-likeness (QED) is 0.288. The molecule has 0 saturated carbocycles. The van der Waals surface area contributed by atoms with E-state index in [1.807, 2.05) is 12.1 Å². The number of thiocarbonyl (C=S) groups is 1. The van der Waals surface area contributed by atoms with Crippen LogP contribution in [0, 0.1) is 11.3 Å². The second-order valence-corrected chi connectivity index (χ2v) is 8.33. The van der Waals surface area contributed by atoms with E-state index in [2.05, 4.69) is 11.4 Å². The SMILES string of the molecule is N#Cc1ccccc1COc1ccc(/C=C2\C(=O)NC(=S)N(c3cccc(Cl)c3Cl)C2=O)cc1. The van der Waals surface area contributed by atoms with Crippen molar-refractivity contribution < 1.29 is 14.3 Å². The Morgan fingerprint density at radius 3 is 2.50 bits per heavy atom. The lowest BCUT2D eigenvalue weighted by Gasteiger charge is -2.29. The number of hydrogen-bond acceptors (Lipinski definition) is 5. The summed E-state index contributed by atoms with van der Waals surface area (Å²) in [5, 5.41) is 12.0. The Kier molecular flexibility index (Phi) is 6.94. The summed E-state index contributed by atoms with van der Waals surface area (Å²) in [6.45, 7) is 0.234. The average molecular weight is 508 g/mol. The molecule has 3 aromatic rings. The van der Waals surface area contributed by atoms with Crippen LogP contribution in [0.25, 0.3) is 6.08 Å². The molecule has 1 saturated heterocycles. The molecular formula is C25H15Cl2N3O3S. The van der Waals surface area contributed by atoms with Gasteiger partial charge in [-0.15, -0.1) is 0 Å². The zero-order valence-electron chi connectivity index (χ0n) is 17.4. The Labute approximate surface area is 211 Å². The molecule has 1 aliphatic rings. The largest absolute Gasteiger partial charge is 0.489 e. The fourth-order valence-corrected chi connectivity index (χ4v) is 3.94. The van der Waals surface area contributed by atoms with Crippen LogP contribution in [-0.2, 0) is 16.2 Å². The fraction of sp³-hybridized carbons (Fsp3) is 0.0400. The van der Waals surface area contributed by atoms with Gasteiger partial charge in [-0.1, -0.05) is 59.6 Å². The van der Waals surface area contributed by atoms with Gasteiger partial charge in [-0.3, -0.25) is 19.8 Å². The number of benzene rings is 3. The van der Waals surface area contributed by atoms with E-state index in [0.717, 1.165) is 10.5 Å². The van der Waals surface area contributed by atoms with Crippen LogP contribution in [0.5, 0.6) is 5.75 Å². The summed E-state index contributed by atoms with van der Waals surface area (Å²) in [4.78, 5) is 26.8. The first-order valence-electron chi connectivity index (χ1n) is 9.95. The van der Waals surface area contributed by atoms with Crippen molar-refractivity contribution in [2.45, 2.75) is 6.61 Å². The molecule has 6 nitrogen and oxygen atoms in total. The van der Waals surface area contributed by atoms with E-state index in [4.69, 9.17) is 40.2 Å². The minimum atomic E-state index is -0.619. The van der Waals surface area contributed by atoms with Crippen LogP contribution >= 0.6 is 35.4 Å². The van der Waals surface area contributed by atoms with Gasteiger partial charge in [0.05, 0.1) is 27.4 Å². The third-order valence-electron chi connectivity index (χ3n) is 5.00. The lowest BCUT2D eigenvalue weighted by Crippen LogP contribution is -2.54. The topological polar surface area (TPSA) is 82.4 Å². The Morgan fingerprint density at radius 1 is 1.03 bits per heavy atom. The number of halogens is 2. The average Bonchev–Trinajstić information content (AvgIpc) is 2.84. The molecule has 0 spiro atoms. The lowest BCUT2D eigenvalue weighted by molar-refractivity contribution is -0.122. The van der Waals surface area contributed by atoms with Gasteiger partial charge in [-0.2, -0.15) is 5.26 Å². The number of anilines is 1. The summed E-state index contributed by atoms with van der Waals surface area (Å²) in [7, 11) is 0. The normalized spacial score (nSPS) is 14.7. The lowest BCUT2D eigenvalue weighted by atomic mass is 10.1. The van der Waals surface area contributed by atoms with E-state index in [1.165, 1.54) is 6.08 Å². The Balaban J connectivity index is 1.55. The predicted octanol–water partition coefficient (Wildman–Crippen LogP) is 5.28. The number of amides is 2. The number of carbonyl (C=O) groups is 2. The molecule has 0 unspecified atom stereocenters. The number of carbonyl (C=O) groups excluding carboxylic acids is 2. The summed E-state index contributed by atoms with van der Waals surface area (Å²) in [6, 6.07) is 21.0. The molecule has 9 heteroatoms. The van der Waals surface area contributed by atoms with E-state index in [9.17, 15) is 14.9 Å². The molecule has 0 atom stereocenters. The molecule has 1 N–H and O–H groups in total. The first-order valence-corrected chi connectivity index (χ1v) is 11.1. The van der Waals surface area contributed by atoms with Crippen molar-refractivity contribution in [1.82, 2.24) is 5.32 Å². The van der Waals surface area contributed by atoms with E-state index in [-0.39, 0.29) is 33.0 Å². The molecule has 1 fully saturated rings. The van der Waals surface area contributed by atoms with E-state index in [1.54, 1.807) is 54.6 Å². The van der Waals surface area contributed by atoms with Gasteiger partial charge in [-0.05, 0) is 54.2 Å². The molecule has 0 aliphatic carbocycles. The predicted molar refractivity (Wildman–Crippen MR) is 135 cm³/mol. The molecule has 1 heterocycles. The molecule has 34 heavy (non-hydrogen) atoms. The number of hydrogen-bond donors (Lipinski definition) is 1. The highest BCUT2D eigenvalue weighted by Gasteiger charge is 2.35. The number of rotatable bonds is 5. The minimum absolute atomic E-state index is 0.0854. The molecule has 1 aliphatic heterocycles. The van der Waals surface area contributed by atoms with Gasteiger partial charge in [0.25, 0.3) is 11.8 Å². The van der Waals surface area contributed by atoms with Crippen LogP contribution in [0.1, 0.15) is 16.7 Å². The number of nitrogens with zero attached hydrogens (tertiary/aromatic N) is 2. The van der Waals surface area contributed by atoms with Gasteiger partial charge >= 0.3 is 0 Å². The molecule has 4 rings (SSSR count). The van der Waals surface area contributed by atoms with Gasteiger partial charge in [0.1, 0.15) is 17.9 Å². The van der Waals surface area contributed by atoms with Crippen LogP contribution in [-0.4, -0.2) is 16.9 Å². The van der Waals surface area contributed by atoms with Crippen LogP contribution in [0.4, 0.5) is 5.69 Å². The molecular weight excluding hydrogens is 493 g/mol. The highest BCUT2D eigenvalue weighted by Crippen LogP contribution is 2.34. The summed E-state index contributed by atoms with van der Waals surface area (Å²) >= 11 is 17.5. The molecule has 3 aromatic carbocycles. The molecule has 0 radical (unpaired) electrons. The zero-order chi connectivity index (χ0) is 24.2. The van der Waals surface area contributed by atoms with E-state index in [0.29, 0.717) is 16.9 Å². The molecule has 168 valence electrons. The second-order valence-electron chi connectivity index (χ2n) is 7.16. The van der Waals surface area contributed by atoms with E-state index < -0.39 is 11.8 Å². The highest BCUT2D eigenvalue weighted by atomic mass is 35.5. The van der Waals surface area contributed by atoms with Gasteiger partial charge in [0.15, 0.2) is 5.11 Å². The van der Waals surface area contributed by atoms with Crippen molar-refractivity contribution in [2.24, 2.45) is 0 Å². The second kappa shape index (κ2) is 10.1. The zero-order valence-corrected chi connectivity index (χ0v) is 19.7. The third kappa shape index (κ3) is 4.80. The molecule has 2 amide bonds. The first kappa shape index (κ1) is 23.5. The van der Waals surface area contributed by atoms with Crippen LogP contribution in [0.3, 0.4) is 0 Å². The maximum atomic E-state index is 13.2. The van der Waals surface area contributed by atoms with Crippen molar-refractivity contribution in [3.8, 4) is 11.8 Å². The first-order chi connectivity index (χ1) is 16.4. The van der Waals surface area contributed by atoms with Crippen molar-refractivity contribution in [2.75, 3.05) is 4.90 Å². The summed E-state index contributed by atoms with van der Waals surface area (Å²) in [5.74, 6) is -0.660. The standard InChI is InChI=1S/C25H15Cl2N3O3S/c26-20-6-3-7-21(22(20)27)30-24(32)19(23(31)29-25(30)34)12-15-8-10-18(11-9-15)33-14-17-5-2-1-4-16(17)13-28/h1-12H,14H2,(H,29,31,34)/b19-12+. The van der Waals surface area contributed by atoms with Crippen LogP contribution < -0.4 is 15.0 Å². The van der Waals surface area contributed by atoms with E-state index >= 15 is 0 Å². The maximum Gasteiger partial charge on any atom is 0.270 e. The fourth-order valence-electron chi connectivity index (χ4n) is 3.28. The van der Waals surface area contributed by atoms with Gasteiger partial charge < -0.3 is 4.74 Å². The number of nitriles is 1. The van der Waals surface area contributed by atoms with Crippen molar-refractivity contribution >= 4 is 64.1 Å². The smallest absolute Gasteiger partial charge is 0.270 e. The summed E-state index contributed by atoms with van der Waals surface area (Å²) in [5.41, 5.74) is 2.09. The van der Waals surface area contributed by atoms with Crippen LogP contribution in [0.2, 0.25) is 10.0 Å². The number of ether oxygens (including phenoxy) is 1. The van der Waals surface area contributed by atoms with Gasteiger partial charge in [-0.25, -0.2) is 0 Å². The highest BCUT2D eigenvalue weighted by molar-refractivity contribution is 7.80. The summed E-state index contributed by atoms with van der Waals surface area (Å²) in [6.07, 6.45) is 1.46. The molecule has 0 aromatic heterocycles. The Morgan fingerprint density at radius 2 is 1.76 bits per heavy atom. The maximum absolute atomic E-state index is 13.2. The van der Waals surface area contributed by atoms with Gasteiger partial charge in [0.2, 0.25) is 0 Å². The van der Waals surface area contributed by atoms with Crippen LogP contribution in [0.15, 0.2) is 72.3 Å². The third-order valence-corrected chi connectivity index (χ3v) is 6.09. The molecule has 0 bridgehead atoms.